The van der Waals surface area contributed by atoms with Crippen LogP contribution in [-0.4, -0.2) is 31.5 Å². The van der Waals surface area contributed by atoms with Crippen LogP contribution in [0.25, 0.3) is 10.2 Å². The Balaban J connectivity index is 1.70. The Morgan fingerprint density at radius 2 is 2.00 bits per heavy atom. The van der Waals surface area contributed by atoms with Crippen molar-refractivity contribution in [3.05, 3.63) is 47.6 Å². The summed E-state index contributed by atoms with van der Waals surface area (Å²) in [7, 11) is -1.62. The zero-order valence-electron chi connectivity index (χ0n) is 15.7. The van der Waals surface area contributed by atoms with Crippen LogP contribution in [0.15, 0.2) is 47.5 Å². The van der Waals surface area contributed by atoms with Gasteiger partial charge in [-0.3, -0.25) is 0 Å². The first-order chi connectivity index (χ1) is 12.9. The molecule has 3 aromatic rings. The lowest BCUT2D eigenvalue weighted by Gasteiger charge is -2.17. The van der Waals surface area contributed by atoms with Crippen LogP contribution in [0.2, 0.25) is 0 Å². The van der Waals surface area contributed by atoms with Gasteiger partial charge in [0.05, 0.1) is 16.8 Å². The average molecular weight is 405 g/mol. The number of fused-ring (bicyclic) bond motifs is 1. The van der Waals surface area contributed by atoms with E-state index in [0.29, 0.717) is 12.4 Å². The van der Waals surface area contributed by atoms with E-state index in [-0.39, 0.29) is 10.9 Å². The summed E-state index contributed by atoms with van der Waals surface area (Å²) in [6, 6.07) is 11.3. The summed E-state index contributed by atoms with van der Waals surface area (Å²) in [5, 5.41) is 0.993. The number of sulfonamides is 1. The van der Waals surface area contributed by atoms with Crippen LogP contribution in [0.5, 0.6) is 0 Å². The minimum absolute atomic E-state index is 0.0959. The van der Waals surface area contributed by atoms with Crippen molar-refractivity contribution in [1.82, 2.24) is 14.7 Å². The van der Waals surface area contributed by atoms with Gasteiger partial charge in [0.2, 0.25) is 10.0 Å². The third-order valence-corrected chi connectivity index (χ3v) is 6.81. The van der Waals surface area contributed by atoms with E-state index in [1.54, 1.807) is 23.5 Å². The fourth-order valence-corrected chi connectivity index (χ4v) is 5.10. The molecule has 0 amide bonds. The molecular weight excluding hydrogens is 380 g/mol. The molecule has 1 atom stereocenters. The Morgan fingerprint density at radius 1 is 1.22 bits per heavy atom. The number of anilines is 1. The second-order valence-electron chi connectivity index (χ2n) is 6.59. The molecule has 1 N–H and O–H groups in total. The number of hydrogen-bond donors (Lipinski definition) is 1. The van der Waals surface area contributed by atoms with Crippen LogP contribution < -0.4 is 9.62 Å². The van der Waals surface area contributed by atoms with Gasteiger partial charge in [-0.1, -0.05) is 25.5 Å². The van der Waals surface area contributed by atoms with Crippen LogP contribution in [0.1, 0.15) is 31.7 Å². The van der Waals surface area contributed by atoms with E-state index < -0.39 is 10.0 Å². The normalized spacial score (nSPS) is 13.0. The van der Waals surface area contributed by atoms with Crippen LogP contribution in [0.4, 0.5) is 5.82 Å². The summed E-state index contributed by atoms with van der Waals surface area (Å²) in [5.41, 5.74) is 0.993. The van der Waals surface area contributed by atoms with Crippen LogP contribution >= 0.6 is 11.3 Å². The third kappa shape index (κ3) is 4.82. The molecule has 1 aromatic carbocycles. The van der Waals surface area contributed by atoms with Crippen LogP contribution in [-0.2, 0) is 16.6 Å². The maximum absolute atomic E-state index is 12.4. The largest absolute Gasteiger partial charge is 0.353 e. The van der Waals surface area contributed by atoms with E-state index in [1.165, 1.54) is 6.20 Å². The smallest absolute Gasteiger partial charge is 0.242 e. The average Bonchev–Trinajstić information content (AvgIpc) is 3.03. The maximum atomic E-state index is 12.4. The Morgan fingerprint density at radius 3 is 2.67 bits per heavy atom. The van der Waals surface area contributed by atoms with Gasteiger partial charge in [0.15, 0.2) is 0 Å². The predicted molar refractivity (Wildman–Crippen MR) is 111 cm³/mol. The van der Waals surface area contributed by atoms with E-state index in [0.717, 1.165) is 28.1 Å². The molecule has 27 heavy (non-hydrogen) atoms. The van der Waals surface area contributed by atoms with Gasteiger partial charge < -0.3 is 4.90 Å². The first kappa shape index (κ1) is 19.7. The fourth-order valence-electron chi connectivity index (χ4n) is 2.85. The van der Waals surface area contributed by atoms with Crippen molar-refractivity contribution < 1.29 is 8.42 Å². The number of para-hydroxylation sites is 1. The molecule has 0 aliphatic rings. The molecular formula is C19H24N4O2S2. The highest BCUT2D eigenvalue weighted by Crippen LogP contribution is 2.24. The molecule has 0 aliphatic heterocycles. The summed E-state index contributed by atoms with van der Waals surface area (Å²) in [5.74, 6) is 0.704. The van der Waals surface area contributed by atoms with E-state index in [1.807, 2.05) is 44.0 Å². The highest BCUT2D eigenvalue weighted by atomic mass is 32.2. The number of thiazole rings is 1. The number of nitrogens with zero attached hydrogens (tertiary/aromatic N) is 3. The molecule has 0 saturated carbocycles. The second-order valence-corrected chi connectivity index (χ2v) is 9.42. The molecule has 0 saturated heterocycles. The summed E-state index contributed by atoms with van der Waals surface area (Å²) in [4.78, 5) is 11.1. The lowest BCUT2D eigenvalue weighted by Crippen LogP contribution is -2.32. The van der Waals surface area contributed by atoms with Crippen LogP contribution in [0.3, 0.4) is 0 Å². The number of rotatable bonds is 8. The molecule has 6 nitrogen and oxygen atoms in total. The first-order valence-corrected chi connectivity index (χ1v) is 11.2. The predicted octanol–water partition coefficient (Wildman–Crippen LogP) is 3.79. The molecule has 8 heteroatoms. The maximum Gasteiger partial charge on any atom is 0.242 e. The monoisotopic (exact) mass is 404 g/mol. The molecule has 0 fully saturated rings. The topological polar surface area (TPSA) is 75.2 Å². The lowest BCUT2D eigenvalue weighted by atomic mass is 10.2. The summed E-state index contributed by atoms with van der Waals surface area (Å²) in [6.45, 7) is 4.52. The number of pyridine rings is 1. The van der Waals surface area contributed by atoms with Gasteiger partial charge >= 0.3 is 0 Å². The Labute approximate surface area is 164 Å². The van der Waals surface area contributed by atoms with Gasteiger partial charge in [0.25, 0.3) is 0 Å². The zero-order valence-corrected chi connectivity index (χ0v) is 17.3. The van der Waals surface area contributed by atoms with E-state index >= 15 is 0 Å². The standard InChI is InChI=1S/C19H24N4O2S2/c1-4-7-14(2)22-27(24,25)15-10-11-18(20-12-15)23(3)13-19-21-16-8-5-6-9-17(16)26-19/h5-6,8-12,14,22H,4,7,13H2,1-3H3. The lowest BCUT2D eigenvalue weighted by molar-refractivity contribution is 0.543. The van der Waals surface area contributed by atoms with Crippen molar-refractivity contribution in [1.29, 1.82) is 0 Å². The number of nitrogens with one attached hydrogen (secondary N) is 1. The summed E-state index contributed by atoms with van der Waals surface area (Å²) < 4.78 is 28.7. The van der Waals surface area contributed by atoms with Crippen molar-refractivity contribution >= 4 is 37.4 Å². The summed E-state index contributed by atoms with van der Waals surface area (Å²) >= 11 is 1.65. The van der Waals surface area contributed by atoms with Crippen LogP contribution in [0, 0.1) is 0 Å². The minimum Gasteiger partial charge on any atom is -0.353 e. The van der Waals surface area contributed by atoms with Crippen molar-refractivity contribution in [2.24, 2.45) is 0 Å². The van der Waals surface area contributed by atoms with Crippen molar-refractivity contribution in [2.45, 2.75) is 44.2 Å². The van der Waals surface area contributed by atoms with Gasteiger partial charge in [-0.2, -0.15) is 0 Å². The van der Waals surface area contributed by atoms with Gasteiger partial charge in [-0.25, -0.2) is 23.1 Å². The highest BCUT2D eigenvalue weighted by Gasteiger charge is 2.18. The SMILES string of the molecule is CCCC(C)NS(=O)(=O)c1ccc(N(C)Cc2nc3ccccc3s2)nc1. The van der Waals surface area contributed by atoms with Gasteiger partial charge in [0, 0.05) is 19.3 Å². The van der Waals surface area contributed by atoms with Crippen molar-refractivity contribution in [3.63, 3.8) is 0 Å². The molecule has 0 aliphatic carbocycles. The van der Waals surface area contributed by atoms with Gasteiger partial charge in [-0.05, 0) is 37.6 Å². The number of aromatic nitrogens is 2. The first-order valence-electron chi connectivity index (χ1n) is 8.93. The Kier molecular flexibility index (Phi) is 6.08. The molecule has 0 spiro atoms. The Bertz CT molecular complexity index is 967. The Hall–Kier alpha value is -2.03. The van der Waals surface area contributed by atoms with Gasteiger partial charge in [-0.15, -0.1) is 11.3 Å². The third-order valence-electron chi connectivity index (χ3n) is 4.21. The fraction of sp³-hybridized carbons (Fsp3) is 0.368. The molecule has 1 unspecified atom stereocenters. The second kappa shape index (κ2) is 8.33. The molecule has 2 aromatic heterocycles. The molecule has 0 bridgehead atoms. The number of benzene rings is 1. The molecule has 3 rings (SSSR count). The summed E-state index contributed by atoms with van der Waals surface area (Å²) in [6.07, 6.45) is 3.14. The van der Waals surface area contributed by atoms with E-state index in [4.69, 9.17) is 0 Å². The molecule has 0 radical (unpaired) electrons. The highest BCUT2D eigenvalue weighted by molar-refractivity contribution is 7.89. The van der Waals surface area contributed by atoms with E-state index in [2.05, 4.69) is 20.8 Å². The zero-order chi connectivity index (χ0) is 19.4. The number of hydrogen-bond acceptors (Lipinski definition) is 6. The van der Waals surface area contributed by atoms with E-state index in [9.17, 15) is 8.42 Å². The molecule has 2 heterocycles. The molecule has 144 valence electrons. The quantitative estimate of drug-likeness (QED) is 0.618. The van der Waals surface area contributed by atoms with Gasteiger partial charge in [0.1, 0.15) is 15.7 Å². The van der Waals surface area contributed by atoms with Crippen molar-refractivity contribution in [3.8, 4) is 0 Å². The minimum atomic E-state index is -3.54. The van der Waals surface area contributed by atoms with Crippen molar-refractivity contribution in [2.75, 3.05) is 11.9 Å².